The van der Waals surface area contributed by atoms with E-state index in [1.165, 1.54) is 25.3 Å². The van der Waals surface area contributed by atoms with Crippen molar-refractivity contribution in [1.29, 1.82) is 0 Å². The second-order valence-corrected chi connectivity index (χ2v) is 13.6. The number of ether oxygens (including phenoxy) is 3. The van der Waals surface area contributed by atoms with E-state index in [4.69, 9.17) is 21.1 Å². The highest BCUT2D eigenvalue weighted by Gasteiger charge is 2.58. The van der Waals surface area contributed by atoms with Gasteiger partial charge in [0.1, 0.15) is 27.6 Å². The van der Waals surface area contributed by atoms with Crippen LogP contribution in [-0.4, -0.2) is 76.9 Å². The molecule has 1 aromatic heterocycles. The van der Waals surface area contributed by atoms with Crippen molar-refractivity contribution < 1.29 is 45.4 Å². The van der Waals surface area contributed by atoms with Crippen molar-refractivity contribution in [3.8, 4) is 17.2 Å². The van der Waals surface area contributed by atoms with Gasteiger partial charge in [0.2, 0.25) is 5.91 Å². The largest absolute Gasteiger partial charge is 0.573 e. The predicted octanol–water partition coefficient (Wildman–Crippen LogP) is 5.41. The molecule has 0 bridgehead atoms. The summed E-state index contributed by atoms with van der Waals surface area (Å²) in [5, 5.41) is 0.166. The van der Waals surface area contributed by atoms with E-state index >= 15 is 4.79 Å². The number of rotatable bonds is 9. The van der Waals surface area contributed by atoms with Crippen molar-refractivity contribution in [3.63, 3.8) is 0 Å². The van der Waals surface area contributed by atoms with Crippen LogP contribution in [0.3, 0.4) is 0 Å². The summed E-state index contributed by atoms with van der Waals surface area (Å²) in [6.07, 6.45) is -2.19. The number of anilines is 2. The molecule has 0 N–H and O–H groups in total. The Hall–Kier alpha value is -5.02. The predicted molar refractivity (Wildman–Crippen MR) is 177 cm³/mol. The topological polar surface area (TPSA) is 119 Å². The first-order valence-electron chi connectivity index (χ1n) is 15.2. The summed E-state index contributed by atoms with van der Waals surface area (Å²) in [7, 11) is -2.46. The second-order valence-electron chi connectivity index (χ2n) is 11.5. The summed E-state index contributed by atoms with van der Waals surface area (Å²) in [4.78, 5) is 36.5. The monoisotopic (exact) mass is 730 g/mol. The number of carbonyl (C=O) groups is 2. The van der Waals surface area contributed by atoms with E-state index in [0.717, 1.165) is 31.0 Å². The Morgan fingerprint density at radius 2 is 1.58 bits per heavy atom. The molecule has 0 spiro atoms. The van der Waals surface area contributed by atoms with Gasteiger partial charge < -0.3 is 24.0 Å². The van der Waals surface area contributed by atoms with Crippen LogP contribution in [0.15, 0.2) is 90.1 Å². The molecule has 2 amide bonds. The van der Waals surface area contributed by atoms with Gasteiger partial charge in [-0.05, 0) is 54.1 Å². The lowest BCUT2D eigenvalue weighted by molar-refractivity contribution is -0.274. The SMILES string of the molecule is COc1ccccc1C1(CC(=O)N2CCN(c3ccncc3)CC2)C(=O)N(S(=O)(=O)c2ccc(OC(F)(F)F)cc2OC)c2ccc(Cl)cc21. The highest BCUT2D eigenvalue weighted by Crippen LogP contribution is 2.53. The Labute approximate surface area is 290 Å². The Morgan fingerprint density at radius 3 is 2.24 bits per heavy atom. The lowest BCUT2D eigenvalue weighted by Gasteiger charge is -2.38. The Kier molecular flexibility index (Phi) is 9.31. The summed E-state index contributed by atoms with van der Waals surface area (Å²) in [6.45, 7) is 1.65. The van der Waals surface area contributed by atoms with Gasteiger partial charge >= 0.3 is 6.36 Å². The fraction of sp³-hybridized carbons (Fsp3) is 0.265. The molecule has 3 heterocycles. The second kappa shape index (κ2) is 13.4. The van der Waals surface area contributed by atoms with Crippen LogP contribution in [0.1, 0.15) is 17.5 Å². The number of benzene rings is 3. The van der Waals surface area contributed by atoms with Crippen LogP contribution in [-0.2, 0) is 25.0 Å². The first kappa shape index (κ1) is 34.8. The molecule has 1 fully saturated rings. The highest BCUT2D eigenvalue weighted by molar-refractivity contribution is 7.93. The third-order valence-corrected chi connectivity index (χ3v) is 10.7. The van der Waals surface area contributed by atoms with Gasteiger partial charge in [-0.3, -0.25) is 14.6 Å². The van der Waals surface area contributed by atoms with Crippen molar-refractivity contribution in [2.75, 3.05) is 49.6 Å². The quantitative estimate of drug-likeness (QED) is 0.223. The van der Waals surface area contributed by atoms with Crippen LogP contribution in [0.25, 0.3) is 0 Å². The number of fused-ring (bicyclic) bond motifs is 1. The molecule has 50 heavy (non-hydrogen) atoms. The van der Waals surface area contributed by atoms with Gasteiger partial charge in [-0.1, -0.05) is 29.8 Å². The number of hydrogen-bond acceptors (Lipinski definition) is 9. The molecule has 2 aliphatic heterocycles. The number of halogens is 4. The van der Waals surface area contributed by atoms with Gasteiger partial charge in [0, 0.05) is 67.3 Å². The smallest absolute Gasteiger partial charge is 0.496 e. The summed E-state index contributed by atoms with van der Waals surface area (Å²) in [6, 6.07) is 16.8. The van der Waals surface area contributed by atoms with E-state index in [2.05, 4.69) is 14.6 Å². The molecule has 11 nitrogen and oxygen atoms in total. The normalized spacial score (nSPS) is 17.8. The molecule has 0 aliphatic carbocycles. The number of alkyl halides is 3. The van der Waals surface area contributed by atoms with E-state index in [0.29, 0.717) is 30.5 Å². The van der Waals surface area contributed by atoms with E-state index in [9.17, 15) is 26.4 Å². The number of aromatic nitrogens is 1. The fourth-order valence-corrected chi connectivity index (χ4v) is 8.25. The third-order valence-electron chi connectivity index (χ3n) is 8.72. The zero-order chi connectivity index (χ0) is 35.8. The molecule has 1 atom stereocenters. The molecule has 0 radical (unpaired) electrons. The van der Waals surface area contributed by atoms with Gasteiger partial charge in [-0.2, -0.15) is 0 Å². The van der Waals surface area contributed by atoms with Crippen molar-refractivity contribution in [1.82, 2.24) is 9.88 Å². The number of carbonyl (C=O) groups excluding carboxylic acids is 2. The van der Waals surface area contributed by atoms with Crippen LogP contribution in [0, 0.1) is 0 Å². The highest BCUT2D eigenvalue weighted by atomic mass is 35.5. The maximum atomic E-state index is 15.0. The molecule has 0 saturated carbocycles. The van der Waals surface area contributed by atoms with E-state index < -0.39 is 56.4 Å². The standard InChI is InChI=1S/C34H30ClF3N4O7S/c1-47-28-6-4-3-5-25(28)33(21-31(43)41-17-15-40(16-18-41)23-11-13-39-14-12-23)26-19-22(35)7-9-27(26)42(32(33)44)50(45,46)30-10-8-24(20-29(30)48-2)49-34(36,37)38/h3-14,19-20H,15-18,21H2,1-2H3. The number of nitrogens with zero attached hydrogens (tertiary/aromatic N) is 4. The van der Waals surface area contributed by atoms with Gasteiger partial charge in [0.15, 0.2) is 0 Å². The van der Waals surface area contributed by atoms with Gasteiger partial charge in [0.25, 0.3) is 15.9 Å². The number of hydrogen-bond donors (Lipinski definition) is 0. The van der Waals surface area contributed by atoms with E-state index in [-0.39, 0.29) is 27.6 Å². The molecule has 1 unspecified atom stereocenters. The van der Waals surface area contributed by atoms with Gasteiger partial charge in [-0.25, -0.2) is 12.7 Å². The maximum absolute atomic E-state index is 15.0. The number of amides is 2. The zero-order valence-electron chi connectivity index (χ0n) is 26.7. The first-order valence-corrected chi connectivity index (χ1v) is 17.0. The minimum Gasteiger partial charge on any atom is -0.496 e. The maximum Gasteiger partial charge on any atom is 0.573 e. The molecule has 16 heteroatoms. The molecule has 3 aromatic carbocycles. The molecule has 6 rings (SSSR count). The number of pyridine rings is 1. The molecule has 2 aliphatic rings. The third kappa shape index (κ3) is 6.26. The van der Waals surface area contributed by atoms with Crippen LogP contribution in [0.5, 0.6) is 17.2 Å². The summed E-state index contributed by atoms with van der Waals surface area (Å²) in [5.41, 5.74) is -0.757. The average molecular weight is 731 g/mol. The van der Waals surface area contributed by atoms with Crippen LogP contribution in [0.4, 0.5) is 24.5 Å². The number of piperazine rings is 1. The number of methoxy groups -OCH3 is 2. The minimum atomic E-state index is -5.05. The number of para-hydroxylation sites is 1. The van der Waals surface area contributed by atoms with Gasteiger partial charge in [-0.15, -0.1) is 13.2 Å². The van der Waals surface area contributed by atoms with Gasteiger partial charge in [0.05, 0.1) is 19.9 Å². The molecular formula is C34H30ClF3N4O7S. The van der Waals surface area contributed by atoms with Crippen LogP contribution >= 0.6 is 11.6 Å². The summed E-state index contributed by atoms with van der Waals surface area (Å²) >= 11 is 6.47. The molecule has 4 aromatic rings. The lowest BCUT2D eigenvalue weighted by atomic mass is 9.72. The van der Waals surface area contributed by atoms with Crippen LogP contribution < -0.4 is 23.4 Å². The summed E-state index contributed by atoms with van der Waals surface area (Å²) < 4.78 is 83.2. The van der Waals surface area contributed by atoms with Crippen molar-refractivity contribution in [2.24, 2.45) is 0 Å². The zero-order valence-corrected chi connectivity index (χ0v) is 28.3. The number of sulfonamides is 1. The Balaban J connectivity index is 1.45. The average Bonchev–Trinajstić information content (AvgIpc) is 3.35. The molecule has 1 saturated heterocycles. The van der Waals surface area contributed by atoms with Crippen molar-refractivity contribution in [2.45, 2.75) is 23.1 Å². The fourth-order valence-electron chi connectivity index (χ4n) is 6.45. The Morgan fingerprint density at radius 1 is 0.900 bits per heavy atom. The van der Waals surface area contributed by atoms with Crippen molar-refractivity contribution in [3.05, 3.63) is 101 Å². The van der Waals surface area contributed by atoms with E-state index in [1.807, 2.05) is 12.1 Å². The molecule has 262 valence electrons. The van der Waals surface area contributed by atoms with Crippen molar-refractivity contribution >= 4 is 44.8 Å². The van der Waals surface area contributed by atoms with Crippen LogP contribution in [0.2, 0.25) is 5.02 Å². The molecular weight excluding hydrogens is 701 g/mol. The lowest BCUT2D eigenvalue weighted by Crippen LogP contribution is -2.52. The Bertz CT molecular complexity index is 2040. The first-order chi connectivity index (χ1) is 23.8. The van der Waals surface area contributed by atoms with E-state index in [1.54, 1.807) is 41.6 Å². The minimum absolute atomic E-state index is 0.0988. The summed E-state index contributed by atoms with van der Waals surface area (Å²) in [5.74, 6) is -2.46.